The van der Waals surface area contributed by atoms with Gasteiger partial charge in [-0.2, -0.15) is 0 Å². The molecule has 0 spiro atoms. The van der Waals surface area contributed by atoms with Crippen LogP contribution >= 0.6 is 0 Å². The van der Waals surface area contributed by atoms with Gasteiger partial charge >= 0.3 is 5.97 Å². The maximum atomic E-state index is 12.9. The number of benzene rings is 1. The zero-order valence-electron chi connectivity index (χ0n) is 9.09. The van der Waals surface area contributed by atoms with E-state index in [1.54, 1.807) is 0 Å². The summed E-state index contributed by atoms with van der Waals surface area (Å²) in [5.74, 6) is -1.63. The van der Waals surface area contributed by atoms with Crippen molar-refractivity contribution in [3.8, 4) is 0 Å². The van der Waals surface area contributed by atoms with Crippen molar-refractivity contribution in [1.29, 1.82) is 0 Å². The molecule has 0 aromatic heterocycles. The van der Waals surface area contributed by atoms with Gasteiger partial charge in [-0.05, 0) is 44.4 Å². The van der Waals surface area contributed by atoms with Crippen LogP contribution in [0, 0.1) is 5.82 Å². The first-order valence-electron chi connectivity index (χ1n) is 5.31. The van der Waals surface area contributed by atoms with Crippen LogP contribution < -0.4 is 5.32 Å². The zero-order chi connectivity index (χ0) is 11.8. The Morgan fingerprint density at radius 1 is 1.50 bits per heavy atom. The third-order valence-corrected chi connectivity index (χ3v) is 3.11. The summed E-state index contributed by atoms with van der Waals surface area (Å²) in [6.07, 6.45) is 3.18. The van der Waals surface area contributed by atoms with Crippen molar-refractivity contribution in [3.63, 3.8) is 0 Å². The molecule has 2 rings (SSSR count). The number of carbonyl (C=O) groups is 1. The second-order valence-corrected chi connectivity index (χ2v) is 4.53. The van der Waals surface area contributed by atoms with Crippen LogP contribution in [0.4, 0.5) is 10.1 Å². The Morgan fingerprint density at radius 3 is 2.69 bits per heavy atom. The van der Waals surface area contributed by atoms with Crippen LogP contribution in [0.25, 0.3) is 0 Å². The molecular weight excluding hydrogens is 209 g/mol. The van der Waals surface area contributed by atoms with Crippen LogP contribution in [0.2, 0.25) is 0 Å². The second kappa shape index (κ2) is 3.77. The Balaban J connectivity index is 2.29. The molecule has 16 heavy (non-hydrogen) atoms. The van der Waals surface area contributed by atoms with Crippen LogP contribution in [0.3, 0.4) is 0 Å². The summed E-state index contributed by atoms with van der Waals surface area (Å²) in [6.45, 7) is 2.05. The molecule has 0 amide bonds. The van der Waals surface area contributed by atoms with E-state index < -0.39 is 11.8 Å². The summed E-state index contributed by atoms with van der Waals surface area (Å²) in [6, 6.07) is 3.81. The van der Waals surface area contributed by atoms with Gasteiger partial charge < -0.3 is 10.4 Å². The average Bonchev–Trinajstić information content (AvgIpc) is 2.18. The molecule has 1 aromatic rings. The number of carboxylic acids is 1. The highest BCUT2D eigenvalue weighted by molar-refractivity contribution is 5.94. The largest absolute Gasteiger partial charge is 0.478 e. The molecule has 0 bridgehead atoms. The lowest BCUT2D eigenvalue weighted by molar-refractivity contribution is 0.0697. The lowest BCUT2D eigenvalue weighted by Gasteiger charge is -2.40. The molecule has 1 saturated carbocycles. The van der Waals surface area contributed by atoms with Crippen molar-refractivity contribution in [2.45, 2.75) is 31.7 Å². The Morgan fingerprint density at radius 2 is 2.19 bits per heavy atom. The highest BCUT2D eigenvalue weighted by atomic mass is 19.1. The van der Waals surface area contributed by atoms with Gasteiger partial charge in [0.15, 0.2) is 0 Å². The van der Waals surface area contributed by atoms with Crippen molar-refractivity contribution in [2.24, 2.45) is 0 Å². The van der Waals surface area contributed by atoms with Gasteiger partial charge in [-0.15, -0.1) is 0 Å². The van der Waals surface area contributed by atoms with Gasteiger partial charge in [0.2, 0.25) is 0 Å². The molecule has 0 heterocycles. The van der Waals surface area contributed by atoms with E-state index in [4.69, 9.17) is 5.11 Å². The molecule has 0 aliphatic heterocycles. The number of rotatable bonds is 3. The van der Waals surface area contributed by atoms with Crippen LogP contribution in [-0.2, 0) is 0 Å². The van der Waals surface area contributed by atoms with Crippen molar-refractivity contribution >= 4 is 11.7 Å². The van der Waals surface area contributed by atoms with Gasteiger partial charge in [0, 0.05) is 11.2 Å². The number of anilines is 1. The predicted molar refractivity (Wildman–Crippen MR) is 59.2 cm³/mol. The Kier molecular flexibility index (Phi) is 2.58. The quantitative estimate of drug-likeness (QED) is 0.828. The van der Waals surface area contributed by atoms with Gasteiger partial charge in [0.25, 0.3) is 0 Å². The summed E-state index contributed by atoms with van der Waals surface area (Å²) in [5.41, 5.74) is 0.450. The highest BCUT2D eigenvalue weighted by Gasteiger charge is 2.32. The number of hydrogen-bond donors (Lipinski definition) is 2. The van der Waals surface area contributed by atoms with E-state index in [0.29, 0.717) is 5.69 Å². The molecule has 0 radical (unpaired) electrons. The Hall–Kier alpha value is -1.58. The van der Waals surface area contributed by atoms with E-state index in [1.807, 2.05) is 6.92 Å². The summed E-state index contributed by atoms with van der Waals surface area (Å²) in [7, 11) is 0. The van der Waals surface area contributed by atoms with Gasteiger partial charge in [0.1, 0.15) is 5.82 Å². The molecule has 0 saturated heterocycles. The molecule has 86 valence electrons. The Labute approximate surface area is 93.3 Å². The van der Waals surface area contributed by atoms with Gasteiger partial charge in [-0.1, -0.05) is 0 Å². The maximum Gasteiger partial charge on any atom is 0.337 e. The third-order valence-electron chi connectivity index (χ3n) is 3.11. The topological polar surface area (TPSA) is 49.3 Å². The molecule has 2 N–H and O–H groups in total. The number of nitrogens with one attached hydrogen (secondary N) is 1. The molecule has 0 atom stereocenters. The molecule has 1 aliphatic rings. The Bertz CT molecular complexity index is 427. The van der Waals surface area contributed by atoms with Gasteiger partial charge in [-0.25, -0.2) is 9.18 Å². The highest BCUT2D eigenvalue weighted by Crippen LogP contribution is 2.35. The molecule has 4 heteroatoms. The second-order valence-electron chi connectivity index (χ2n) is 4.53. The first-order valence-corrected chi connectivity index (χ1v) is 5.31. The SMILES string of the molecule is CC1(Nc2ccc(F)cc2C(=O)O)CCC1. The molecule has 0 unspecified atom stereocenters. The van der Waals surface area contributed by atoms with E-state index in [0.717, 1.165) is 25.3 Å². The van der Waals surface area contributed by atoms with E-state index >= 15 is 0 Å². The van der Waals surface area contributed by atoms with Gasteiger partial charge in [0.05, 0.1) is 5.56 Å². The molecular formula is C12H14FNO2. The van der Waals surface area contributed by atoms with Crippen molar-refractivity contribution in [2.75, 3.05) is 5.32 Å². The standard InChI is InChI=1S/C12H14FNO2/c1-12(5-2-6-12)14-10-4-3-8(13)7-9(10)11(15)16/h3-4,7,14H,2,5-6H2,1H3,(H,15,16). The number of carboxylic acid groups (broad SMARTS) is 1. The summed E-state index contributed by atoms with van der Waals surface area (Å²) < 4.78 is 12.9. The fourth-order valence-corrected chi connectivity index (χ4v) is 1.96. The fourth-order valence-electron chi connectivity index (χ4n) is 1.96. The average molecular weight is 223 g/mol. The van der Waals surface area contributed by atoms with E-state index in [1.165, 1.54) is 12.1 Å². The number of halogens is 1. The zero-order valence-corrected chi connectivity index (χ0v) is 9.09. The molecule has 1 fully saturated rings. The summed E-state index contributed by atoms with van der Waals surface area (Å²) >= 11 is 0. The molecule has 1 aliphatic carbocycles. The number of aromatic carboxylic acids is 1. The summed E-state index contributed by atoms with van der Waals surface area (Å²) in [4.78, 5) is 11.0. The lowest BCUT2D eigenvalue weighted by atomic mass is 9.78. The van der Waals surface area contributed by atoms with E-state index in [2.05, 4.69) is 5.32 Å². The first kappa shape index (κ1) is 10.9. The van der Waals surface area contributed by atoms with Crippen molar-refractivity contribution in [3.05, 3.63) is 29.6 Å². The van der Waals surface area contributed by atoms with Crippen LogP contribution in [0.1, 0.15) is 36.5 Å². The molecule has 3 nitrogen and oxygen atoms in total. The minimum atomic E-state index is -1.11. The minimum Gasteiger partial charge on any atom is -0.478 e. The smallest absolute Gasteiger partial charge is 0.337 e. The van der Waals surface area contributed by atoms with Crippen molar-refractivity contribution in [1.82, 2.24) is 0 Å². The van der Waals surface area contributed by atoms with Crippen LogP contribution in [0.15, 0.2) is 18.2 Å². The monoisotopic (exact) mass is 223 g/mol. The van der Waals surface area contributed by atoms with Gasteiger partial charge in [-0.3, -0.25) is 0 Å². The maximum absolute atomic E-state index is 12.9. The van der Waals surface area contributed by atoms with E-state index in [9.17, 15) is 9.18 Å². The number of hydrogen-bond acceptors (Lipinski definition) is 2. The van der Waals surface area contributed by atoms with Crippen LogP contribution in [0.5, 0.6) is 0 Å². The first-order chi connectivity index (χ1) is 7.50. The third kappa shape index (κ3) is 2.01. The predicted octanol–water partition coefficient (Wildman–Crippen LogP) is 2.88. The van der Waals surface area contributed by atoms with Crippen molar-refractivity contribution < 1.29 is 14.3 Å². The fraction of sp³-hybridized carbons (Fsp3) is 0.417. The summed E-state index contributed by atoms with van der Waals surface area (Å²) in [5, 5.41) is 12.2. The normalized spacial score (nSPS) is 17.6. The van der Waals surface area contributed by atoms with Crippen LogP contribution in [-0.4, -0.2) is 16.6 Å². The lowest BCUT2D eigenvalue weighted by Crippen LogP contribution is -2.42. The molecule has 1 aromatic carbocycles. The minimum absolute atomic E-state index is 0.00637. The van der Waals surface area contributed by atoms with E-state index in [-0.39, 0.29) is 11.1 Å².